The smallest absolute Gasteiger partial charge is 0.0867 e. The predicted octanol–water partition coefficient (Wildman–Crippen LogP) is 4.31. The number of rotatable bonds is 0. The van der Waals surface area contributed by atoms with E-state index < -0.39 is 0 Å². The van der Waals surface area contributed by atoms with Gasteiger partial charge in [-0.2, -0.15) is 0 Å². The average molecular weight is 284 g/mol. The van der Waals surface area contributed by atoms with Gasteiger partial charge in [-0.15, -0.1) is 0 Å². The molecule has 1 heteroatoms. The van der Waals surface area contributed by atoms with Crippen molar-refractivity contribution in [3.63, 3.8) is 0 Å². The van der Waals surface area contributed by atoms with E-state index >= 15 is 0 Å². The first-order chi connectivity index (χ1) is 10.2. The van der Waals surface area contributed by atoms with E-state index in [0.29, 0.717) is 0 Å². The Labute approximate surface area is 128 Å². The van der Waals surface area contributed by atoms with Crippen LogP contribution in [0.4, 0.5) is 0 Å². The van der Waals surface area contributed by atoms with Gasteiger partial charge in [0, 0.05) is 0 Å². The fourth-order valence-electron chi connectivity index (χ4n) is 8.41. The van der Waals surface area contributed by atoms with Gasteiger partial charge in [0.15, 0.2) is 0 Å². The van der Waals surface area contributed by atoms with Crippen LogP contribution in [0.1, 0.15) is 64.2 Å². The molecule has 0 aliphatic heterocycles. The average Bonchev–Trinajstić information content (AvgIpc) is 2.38. The van der Waals surface area contributed by atoms with Gasteiger partial charge in [-0.25, -0.2) is 0 Å². The van der Waals surface area contributed by atoms with Crippen LogP contribution in [0, 0.1) is 41.4 Å². The number of hydrogen-bond donors (Lipinski definition) is 1. The Balaban J connectivity index is 1.49. The minimum atomic E-state index is -0.348. The summed E-state index contributed by atoms with van der Waals surface area (Å²) in [4.78, 5) is 0. The Hall–Kier alpha value is -0.300. The SMILES string of the molecule is OC12CC3CC(CC(C3)C1=C1C3CC4CC(C3)CC1C4)C2. The van der Waals surface area contributed by atoms with E-state index in [-0.39, 0.29) is 5.60 Å². The molecule has 0 amide bonds. The van der Waals surface area contributed by atoms with Gasteiger partial charge in [-0.3, -0.25) is 0 Å². The lowest BCUT2D eigenvalue weighted by Crippen LogP contribution is -2.54. The van der Waals surface area contributed by atoms with Crippen molar-refractivity contribution in [2.24, 2.45) is 41.4 Å². The highest BCUT2D eigenvalue weighted by atomic mass is 16.3. The van der Waals surface area contributed by atoms with Crippen LogP contribution < -0.4 is 0 Å². The number of aliphatic hydroxyl groups is 1. The zero-order chi connectivity index (χ0) is 13.8. The zero-order valence-electron chi connectivity index (χ0n) is 13.1. The van der Waals surface area contributed by atoms with Crippen LogP contribution in [0.3, 0.4) is 0 Å². The molecule has 114 valence electrons. The minimum absolute atomic E-state index is 0.348. The summed E-state index contributed by atoms with van der Waals surface area (Å²) in [5.41, 5.74) is 3.14. The molecule has 8 fully saturated rings. The molecule has 2 unspecified atom stereocenters. The minimum Gasteiger partial charge on any atom is -0.385 e. The van der Waals surface area contributed by atoms with Crippen molar-refractivity contribution in [3.8, 4) is 0 Å². The Kier molecular flexibility index (Phi) is 2.19. The highest BCUT2D eigenvalue weighted by Gasteiger charge is 2.57. The van der Waals surface area contributed by atoms with Crippen LogP contribution in [0.5, 0.6) is 0 Å². The molecule has 0 spiro atoms. The second kappa shape index (κ2) is 3.78. The van der Waals surface area contributed by atoms with Crippen molar-refractivity contribution >= 4 is 0 Å². The summed E-state index contributed by atoms with van der Waals surface area (Å²) in [5.74, 6) is 6.36. The molecule has 21 heavy (non-hydrogen) atoms. The third kappa shape index (κ3) is 1.52. The molecule has 8 saturated carbocycles. The quantitative estimate of drug-likeness (QED) is 0.657. The first kappa shape index (κ1) is 12.2. The summed E-state index contributed by atoms with van der Waals surface area (Å²) in [5, 5.41) is 11.5. The van der Waals surface area contributed by atoms with Gasteiger partial charge >= 0.3 is 0 Å². The molecule has 1 nitrogen and oxygen atoms in total. The Morgan fingerprint density at radius 2 is 1.10 bits per heavy atom. The number of allylic oxidation sites excluding steroid dienone is 1. The molecule has 0 aromatic rings. The standard InChI is InChI=1S/C20H28O/c21-20-9-13-2-14(10-20)8-17(7-13)19(20)18-15-3-11-1-12(5-15)6-16(18)4-11/h11-17,21H,1-10H2. The molecule has 1 N–H and O–H groups in total. The third-order valence-electron chi connectivity index (χ3n) is 8.39. The normalized spacial score (nSPS) is 60.1. The summed E-state index contributed by atoms with van der Waals surface area (Å²) < 4.78 is 0. The first-order valence-electron chi connectivity index (χ1n) is 9.65. The van der Waals surface area contributed by atoms with E-state index in [4.69, 9.17) is 0 Å². The van der Waals surface area contributed by atoms with Crippen LogP contribution in [-0.4, -0.2) is 10.7 Å². The van der Waals surface area contributed by atoms with E-state index in [9.17, 15) is 5.11 Å². The lowest BCUT2D eigenvalue weighted by Gasteiger charge is -2.60. The van der Waals surface area contributed by atoms with Crippen molar-refractivity contribution in [3.05, 3.63) is 11.1 Å². The van der Waals surface area contributed by atoms with E-state index in [1.165, 1.54) is 51.4 Å². The lowest BCUT2D eigenvalue weighted by molar-refractivity contribution is -0.0814. The second-order valence-electron chi connectivity index (χ2n) is 9.75. The van der Waals surface area contributed by atoms with E-state index in [1.54, 1.807) is 5.57 Å². The molecule has 0 aromatic heterocycles. The summed E-state index contributed by atoms with van der Waals surface area (Å²) in [6.45, 7) is 0. The Morgan fingerprint density at radius 3 is 1.62 bits per heavy atom. The Morgan fingerprint density at radius 1 is 0.619 bits per heavy atom. The van der Waals surface area contributed by atoms with Crippen molar-refractivity contribution < 1.29 is 5.11 Å². The van der Waals surface area contributed by atoms with Crippen LogP contribution in [0.2, 0.25) is 0 Å². The molecule has 0 heterocycles. The maximum Gasteiger partial charge on any atom is 0.0867 e. The van der Waals surface area contributed by atoms with E-state index in [0.717, 1.165) is 54.3 Å². The van der Waals surface area contributed by atoms with Crippen LogP contribution >= 0.6 is 0 Å². The van der Waals surface area contributed by atoms with Crippen LogP contribution in [0.15, 0.2) is 11.1 Å². The van der Waals surface area contributed by atoms with Crippen molar-refractivity contribution in [1.82, 2.24) is 0 Å². The molecule has 8 aliphatic carbocycles. The topological polar surface area (TPSA) is 20.2 Å². The molecular formula is C20H28O. The third-order valence-corrected chi connectivity index (χ3v) is 8.39. The zero-order valence-corrected chi connectivity index (χ0v) is 13.1. The molecular weight excluding hydrogens is 256 g/mol. The van der Waals surface area contributed by atoms with Crippen LogP contribution in [-0.2, 0) is 0 Å². The van der Waals surface area contributed by atoms with Gasteiger partial charge in [0.2, 0.25) is 0 Å². The maximum atomic E-state index is 11.5. The molecule has 8 aliphatic rings. The Bertz CT molecular complexity index is 486. The largest absolute Gasteiger partial charge is 0.385 e. The summed E-state index contributed by atoms with van der Waals surface area (Å²) in [7, 11) is 0. The molecule has 8 bridgehead atoms. The molecule has 0 saturated heterocycles. The van der Waals surface area contributed by atoms with Gasteiger partial charge in [0.05, 0.1) is 5.60 Å². The van der Waals surface area contributed by atoms with Crippen molar-refractivity contribution in [2.75, 3.05) is 0 Å². The van der Waals surface area contributed by atoms with Crippen LogP contribution in [0.25, 0.3) is 0 Å². The molecule has 0 radical (unpaired) electrons. The highest BCUT2D eigenvalue weighted by Crippen LogP contribution is 2.64. The van der Waals surface area contributed by atoms with Crippen molar-refractivity contribution in [1.29, 1.82) is 0 Å². The van der Waals surface area contributed by atoms with E-state index in [2.05, 4.69) is 0 Å². The van der Waals surface area contributed by atoms with E-state index in [1.807, 2.05) is 5.57 Å². The van der Waals surface area contributed by atoms with Gasteiger partial charge in [0.1, 0.15) is 0 Å². The van der Waals surface area contributed by atoms with Gasteiger partial charge < -0.3 is 5.11 Å². The van der Waals surface area contributed by atoms with Gasteiger partial charge in [-0.05, 0) is 111 Å². The fraction of sp³-hybridized carbons (Fsp3) is 0.900. The number of hydrogen-bond acceptors (Lipinski definition) is 1. The fourth-order valence-corrected chi connectivity index (χ4v) is 8.41. The van der Waals surface area contributed by atoms with Gasteiger partial charge in [-0.1, -0.05) is 5.57 Å². The van der Waals surface area contributed by atoms with Crippen molar-refractivity contribution in [2.45, 2.75) is 69.8 Å². The van der Waals surface area contributed by atoms with Gasteiger partial charge in [0.25, 0.3) is 0 Å². The summed E-state index contributed by atoms with van der Waals surface area (Å²) in [6.07, 6.45) is 13.9. The highest BCUT2D eigenvalue weighted by molar-refractivity contribution is 5.38. The molecule has 0 aromatic carbocycles. The molecule has 8 rings (SSSR count). The monoisotopic (exact) mass is 284 g/mol. The lowest BCUT2D eigenvalue weighted by atomic mass is 9.47. The summed E-state index contributed by atoms with van der Waals surface area (Å²) in [6, 6.07) is 0. The predicted molar refractivity (Wildman–Crippen MR) is 82.6 cm³/mol. The first-order valence-corrected chi connectivity index (χ1v) is 9.65. The summed E-state index contributed by atoms with van der Waals surface area (Å²) >= 11 is 0. The second-order valence-corrected chi connectivity index (χ2v) is 9.75. The maximum absolute atomic E-state index is 11.5. The molecule has 2 atom stereocenters.